The molecule has 0 spiro atoms. The second-order valence-corrected chi connectivity index (χ2v) is 8.17. The molecule has 4 rings (SSSR count). The summed E-state index contributed by atoms with van der Waals surface area (Å²) in [6.45, 7) is -1.24. The van der Waals surface area contributed by atoms with Crippen LogP contribution in [0.2, 0.25) is 0 Å². The third kappa shape index (κ3) is 5.25. The third-order valence-corrected chi connectivity index (χ3v) is 6.09. The van der Waals surface area contributed by atoms with Gasteiger partial charge in [-0.2, -0.15) is 8.78 Å². The van der Waals surface area contributed by atoms with Crippen molar-refractivity contribution in [2.24, 2.45) is 0 Å². The highest BCUT2D eigenvalue weighted by Gasteiger charge is 2.20. The molecule has 0 atom stereocenters. The molecular weight excluding hydrogens is 420 g/mol. The Kier molecular flexibility index (Phi) is 6.86. The van der Waals surface area contributed by atoms with Crippen LogP contribution < -0.4 is 4.74 Å². The molecule has 3 aromatic rings. The monoisotopic (exact) mass is 443 g/mol. The van der Waals surface area contributed by atoms with Gasteiger partial charge in [0.25, 0.3) is 0 Å². The van der Waals surface area contributed by atoms with Gasteiger partial charge >= 0.3 is 6.61 Å². The third-order valence-electron chi connectivity index (χ3n) is 5.15. The van der Waals surface area contributed by atoms with Crippen LogP contribution in [0.1, 0.15) is 19.3 Å². The number of nitrogens with zero attached hydrogens (tertiary/aromatic N) is 3. The van der Waals surface area contributed by atoms with Crippen LogP contribution in [0.15, 0.2) is 66.0 Å². The zero-order valence-electron chi connectivity index (χ0n) is 16.9. The van der Waals surface area contributed by atoms with Gasteiger partial charge in [0.1, 0.15) is 5.75 Å². The Morgan fingerprint density at radius 3 is 2.42 bits per heavy atom. The quantitative estimate of drug-likeness (QED) is 0.468. The Hall–Kier alpha value is -2.87. The fourth-order valence-electron chi connectivity index (χ4n) is 3.64. The molecule has 1 aliphatic rings. The number of imidazole rings is 1. The summed E-state index contributed by atoms with van der Waals surface area (Å²) in [5, 5.41) is 0.673. The topological polar surface area (TPSA) is 47.4 Å². The smallest absolute Gasteiger partial charge is 0.387 e. The van der Waals surface area contributed by atoms with E-state index >= 15 is 0 Å². The lowest BCUT2D eigenvalue weighted by molar-refractivity contribution is -0.129. The molecule has 1 saturated heterocycles. The molecule has 0 unspecified atom stereocenters. The summed E-state index contributed by atoms with van der Waals surface area (Å²) in [5.41, 5.74) is 2.58. The van der Waals surface area contributed by atoms with Crippen LogP contribution in [-0.2, 0) is 4.79 Å². The fourth-order valence-corrected chi connectivity index (χ4v) is 4.53. The molecule has 0 aliphatic carbocycles. The largest absolute Gasteiger partial charge is 0.435 e. The van der Waals surface area contributed by atoms with E-state index in [0.717, 1.165) is 42.9 Å². The number of hydrogen-bond acceptors (Lipinski definition) is 4. The summed E-state index contributed by atoms with van der Waals surface area (Å²) in [7, 11) is 0. The van der Waals surface area contributed by atoms with Crippen molar-refractivity contribution in [2.75, 3.05) is 18.8 Å². The van der Waals surface area contributed by atoms with Crippen molar-refractivity contribution in [3.63, 3.8) is 0 Å². The standard InChI is InChI=1S/C23H23F2N3O2S/c24-22(25)30-19-11-9-18(10-12-19)28-20(17-7-3-1-4-8-17)15-26-23(28)31-16-21(29)27-13-5-2-6-14-27/h1,3-4,7-12,15,22H,2,5-6,13-14,16H2. The summed E-state index contributed by atoms with van der Waals surface area (Å²) in [4.78, 5) is 19.1. The minimum absolute atomic E-state index is 0.0922. The first-order chi connectivity index (χ1) is 15.1. The maximum absolute atomic E-state index is 12.6. The number of thioether (sulfide) groups is 1. The highest BCUT2D eigenvalue weighted by atomic mass is 32.2. The summed E-state index contributed by atoms with van der Waals surface area (Å²) in [5.74, 6) is 0.508. The van der Waals surface area contributed by atoms with Crippen LogP contribution in [0.25, 0.3) is 16.9 Å². The van der Waals surface area contributed by atoms with Gasteiger partial charge in [-0.05, 0) is 43.5 Å². The summed E-state index contributed by atoms with van der Waals surface area (Å²) in [6.07, 6.45) is 5.05. The van der Waals surface area contributed by atoms with Crippen molar-refractivity contribution < 1.29 is 18.3 Å². The van der Waals surface area contributed by atoms with Crippen LogP contribution in [0.3, 0.4) is 0 Å². The van der Waals surface area contributed by atoms with E-state index in [1.165, 1.54) is 30.3 Å². The molecule has 0 bridgehead atoms. The van der Waals surface area contributed by atoms with Crippen molar-refractivity contribution in [3.8, 4) is 22.7 Å². The number of piperidine rings is 1. The summed E-state index contributed by atoms with van der Waals surface area (Å²) in [6, 6.07) is 16.2. The lowest BCUT2D eigenvalue weighted by Gasteiger charge is -2.26. The lowest BCUT2D eigenvalue weighted by atomic mass is 10.1. The molecule has 8 heteroatoms. The van der Waals surface area contributed by atoms with Crippen molar-refractivity contribution in [3.05, 3.63) is 60.8 Å². The Labute approximate surface area is 184 Å². The number of alkyl halides is 2. The minimum Gasteiger partial charge on any atom is -0.435 e. The molecule has 5 nitrogen and oxygen atoms in total. The average molecular weight is 444 g/mol. The van der Waals surface area contributed by atoms with Crippen LogP contribution in [0, 0.1) is 0 Å². The number of amides is 1. The highest BCUT2D eigenvalue weighted by molar-refractivity contribution is 7.99. The Morgan fingerprint density at radius 1 is 1.03 bits per heavy atom. The summed E-state index contributed by atoms with van der Waals surface area (Å²) < 4.78 is 31.4. The zero-order valence-corrected chi connectivity index (χ0v) is 17.7. The predicted octanol–water partition coefficient (Wildman–Crippen LogP) is 5.25. The van der Waals surface area contributed by atoms with E-state index in [-0.39, 0.29) is 11.7 Å². The molecule has 0 radical (unpaired) electrons. The van der Waals surface area contributed by atoms with Crippen LogP contribution >= 0.6 is 11.8 Å². The summed E-state index contributed by atoms with van der Waals surface area (Å²) >= 11 is 1.38. The Morgan fingerprint density at radius 2 is 1.74 bits per heavy atom. The van der Waals surface area contributed by atoms with E-state index in [1.807, 2.05) is 39.8 Å². The lowest BCUT2D eigenvalue weighted by Crippen LogP contribution is -2.36. The van der Waals surface area contributed by atoms with Crippen LogP contribution in [-0.4, -0.2) is 45.8 Å². The van der Waals surface area contributed by atoms with Crippen LogP contribution in [0.4, 0.5) is 8.78 Å². The maximum Gasteiger partial charge on any atom is 0.387 e. The first-order valence-corrected chi connectivity index (χ1v) is 11.2. The first kappa shape index (κ1) is 21.4. The minimum atomic E-state index is -2.87. The number of ether oxygens (including phenoxy) is 1. The van der Waals surface area contributed by atoms with E-state index < -0.39 is 6.61 Å². The van der Waals surface area contributed by atoms with E-state index in [2.05, 4.69) is 9.72 Å². The SMILES string of the molecule is O=C(CSc1ncc(-c2ccccc2)n1-c1ccc(OC(F)F)cc1)N1CCCCC1. The van der Waals surface area contributed by atoms with Gasteiger partial charge in [0.2, 0.25) is 5.91 Å². The number of carbonyl (C=O) groups excluding carboxylic acids is 1. The predicted molar refractivity (Wildman–Crippen MR) is 117 cm³/mol. The normalized spacial score (nSPS) is 14.1. The molecule has 31 heavy (non-hydrogen) atoms. The van der Waals surface area contributed by atoms with Gasteiger partial charge in [-0.15, -0.1) is 0 Å². The van der Waals surface area contributed by atoms with E-state index in [1.54, 1.807) is 18.3 Å². The van der Waals surface area contributed by atoms with Gasteiger partial charge in [0.15, 0.2) is 5.16 Å². The van der Waals surface area contributed by atoms with Crippen molar-refractivity contribution >= 4 is 17.7 Å². The Balaban J connectivity index is 1.61. The van der Waals surface area contributed by atoms with E-state index in [9.17, 15) is 13.6 Å². The molecule has 1 aromatic heterocycles. The number of benzene rings is 2. The van der Waals surface area contributed by atoms with E-state index in [0.29, 0.717) is 10.9 Å². The van der Waals surface area contributed by atoms with Crippen LogP contribution in [0.5, 0.6) is 5.75 Å². The Bertz CT molecular complexity index is 1000. The van der Waals surface area contributed by atoms with Gasteiger partial charge < -0.3 is 9.64 Å². The number of aromatic nitrogens is 2. The molecule has 162 valence electrons. The zero-order chi connectivity index (χ0) is 21.6. The number of carbonyl (C=O) groups is 1. The molecular formula is C23H23F2N3O2S. The molecule has 1 aliphatic heterocycles. The van der Waals surface area contributed by atoms with Gasteiger partial charge in [-0.3, -0.25) is 9.36 Å². The van der Waals surface area contributed by atoms with Gasteiger partial charge in [-0.1, -0.05) is 42.1 Å². The highest BCUT2D eigenvalue weighted by Crippen LogP contribution is 2.31. The molecule has 1 amide bonds. The number of halogens is 2. The molecule has 1 fully saturated rings. The first-order valence-electron chi connectivity index (χ1n) is 10.2. The second kappa shape index (κ2) is 9.96. The molecule has 0 N–H and O–H groups in total. The molecule has 2 aromatic carbocycles. The van der Waals surface area contributed by atoms with E-state index in [4.69, 9.17) is 0 Å². The second-order valence-electron chi connectivity index (χ2n) is 7.23. The van der Waals surface area contributed by atoms with Gasteiger partial charge in [0.05, 0.1) is 17.6 Å². The maximum atomic E-state index is 12.6. The molecule has 0 saturated carbocycles. The number of hydrogen-bond donors (Lipinski definition) is 0. The van der Waals surface area contributed by atoms with Gasteiger partial charge in [0, 0.05) is 24.3 Å². The average Bonchev–Trinajstić information content (AvgIpc) is 3.23. The molecule has 2 heterocycles. The van der Waals surface area contributed by atoms with Crippen molar-refractivity contribution in [2.45, 2.75) is 31.0 Å². The van der Waals surface area contributed by atoms with Crippen molar-refractivity contribution in [1.29, 1.82) is 0 Å². The number of rotatable bonds is 7. The fraction of sp³-hybridized carbons (Fsp3) is 0.304. The number of likely N-dealkylation sites (tertiary alicyclic amines) is 1. The van der Waals surface area contributed by atoms with Crippen molar-refractivity contribution in [1.82, 2.24) is 14.5 Å². The van der Waals surface area contributed by atoms with Gasteiger partial charge in [-0.25, -0.2) is 4.98 Å².